The molecule has 0 spiro atoms. The number of rotatable bonds is 16. The third-order valence-electron chi connectivity index (χ3n) is 10.3. The molecule has 0 heterocycles. The number of carbonyl (C=O) groups is 5. The number of nitrogens with one attached hydrogen (secondary N) is 4. The molecular weight excluding hydrogens is 781 g/mol. The summed E-state index contributed by atoms with van der Waals surface area (Å²) in [5.41, 5.74) is 0.837. The van der Waals surface area contributed by atoms with E-state index in [9.17, 15) is 29.1 Å². The highest BCUT2D eigenvalue weighted by Gasteiger charge is 2.41. The topological polar surface area (TPSA) is 163 Å². The van der Waals surface area contributed by atoms with Gasteiger partial charge in [0.05, 0.1) is 12.8 Å². The zero-order valence-corrected chi connectivity index (χ0v) is 34.8. The summed E-state index contributed by atoms with van der Waals surface area (Å²) in [6, 6.07) is 52.5. The maximum Gasteiger partial charge on any atom is 0.408 e. The van der Waals surface area contributed by atoms with Gasteiger partial charge in [-0.15, -0.1) is 0 Å². The van der Waals surface area contributed by atoms with E-state index in [-0.39, 0.29) is 0 Å². The first-order valence-corrected chi connectivity index (χ1v) is 20.3. The molecule has 2 atom stereocenters. The number of hydrogen-bond donors (Lipinski definition) is 5. The predicted octanol–water partition coefficient (Wildman–Crippen LogP) is 7.45. The summed E-state index contributed by atoms with van der Waals surface area (Å²) in [5.74, 6) is -3.87. The van der Waals surface area contributed by atoms with Gasteiger partial charge in [-0.1, -0.05) is 182 Å². The minimum atomic E-state index is -1.77. The first-order chi connectivity index (χ1) is 29.8. The smallest absolute Gasteiger partial charge is 0.408 e. The van der Waals surface area contributed by atoms with Crippen molar-refractivity contribution in [2.24, 2.45) is 0 Å². The van der Waals surface area contributed by atoms with E-state index in [1.54, 1.807) is 20.8 Å². The van der Waals surface area contributed by atoms with Gasteiger partial charge in [0.2, 0.25) is 17.7 Å². The SMILES string of the molecule is CC(C)(C)OC(=O)N[C@@H](CC(=O)NC(c1ccccc1)(c1ccccc1)c1ccccc1)C(=O)N[C@@H](CC(=O)NC(c1ccccc1)(c1ccccc1)c1ccccc1)C(=O)O. The molecule has 11 heteroatoms. The summed E-state index contributed by atoms with van der Waals surface area (Å²) < 4.78 is 5.46. The molecule has 62 heavy (non-hydrogen) atoms. The number of alkyl carbamates (subject to hydrolysis) is 1. The molecule has 0 aliphatic rings. The molecule has 0 radical (unpaired) electrons. The molecule has 316 valence electrons. The molecule has 4 amide bonds. The predicted molar refractivity (Wildman–Crippen MR) is 237 cm³/mol. The van der Waals surface area contributed by atoms with Gasteiger partial charge in [0.1, 0.15) is 28.8 Å². The number of carboxylic acid groups (broad SMARTS) is 1. The van der Waals surface area contributed by atoms with E-state index in [1.165, 1.54) is 0 Å². The second-order valence-electron chi connectivity index (χ2n) is 15.8. The van der Waals surface area contributed by atoms with Gasteiger partial charge in [-0.3, -0.25) is 14.4 Å². The largest absolute Gasteiger partial charge is 0.480 e. The lowest BCUT2D eigenvalue weighted by Crippen LogP contribution is -2.56. The molecule has 5 N–H and O–H groups in total. The molecule has 0 aliphatic carbocycles. The van der Waals surface area contributed by atoms with Crippen molar-refractivity contribution in [1.82, 2.24) is 21.3 Å². The van der Waals surface area contributed by atoms with Crippen LogP contribution in [-0.2, 0) is 35.0 Å². The molecule has 0 unspecified atom stereocenters. The van der Waals surface area contributed by atoms with E-state index in [0.29, 0.717) is 16.7 Å². The lowest BCUT2D eigenvalue weighted by molar-refractivity contribution is -0.144. The number of hydrogen-bond acceptors (Lipinski definition) is 6. The Morgan fingerprint density at radius 3 is 0.984 bits per heavy atom. The molecule has 6 aromatic rings. The van der Waals surface area contributed by atoms with Gasteiger partial charge < -0.3 is 31.1 Å². The van der Waals surface area contributed by atoms with E-state index < -0.39 is 71.4 Å². The Kier molecular flexibility index (Phi) is 14.0. The Morgan fingerprint density at radius 1 is 0.452 bits per heavy atom. The third-order valence-corrected chi connectivity index (χ3v) is 10.3. The van der Waals surface area contributed by atoms with Gasteiger partial charge in [-0.2, -0.15) is 0 Å². The van der Waals surface area contributed by atoms with Crippen LogP contribution in [0.1, 0.15) is 67.0 Å². The Morgan fingerprint density at radius 2 is 0.726 bits per heavy atom. The van der Waals surface area contributed by atoms with Crippen LogP contribution in [0.15, 0.2) is 182 Å². The Labute approximate surface area is 361 Å². The zero-order chi connectivity index (χ0) is 44.2. The lowest BCUT2D eigenvalue weighted by Gasteiger charge is -2.37. The number of ether oxygens (including phenoxy) is 1. The average Bonchev–Trinajstić information content (AvgIpc) is 3.28. The van der Waals surface area contributed by atoms with Crippen molar-refractivity contribution in [3.05, 3.63) is 215 Å². The van der Waals surface area contributed by atoms with Gasteiger partial charge in [-0.25, -0.2) is 9.59 Å². The molecule has 0 saturated carbocycles. The minimum absolute atomic E-state index is 0.628. The number of benzene rings is 6. The zero-order valence-electron chi connectivity index (χ0n) is 34.8. The molecule has 0 saturated heterocycles. The van der Waals surface area contributed by atoms with Crippen LogP contribution in [0, 0.1) is 0 Å². The van der Waals surface area contributed by atoms with Crippen molar-refractivity contribution < 1.29 is 33.8 Å². The van der Waals surface area contributed by atoms with E-state index in [4.69, 9.17) is 4.74 Å². The standard InChI is InChI=1S/C51H50N4O7/c1-49(2,3)62-48(61)53-42(34-44(56)54-50(36-22-10-4-11-23-36,37-24-12-5-13-25-37)38-26-14-6-15-27-38)46(58)52-43(47(59)60)35-45(57)55-51(39-28-16-7-17-29-39,40-30-18-8-19-31-40)41-32-20-9-21-33-41/h4-33,42-43H,34-35H2,1-3H3,(H,52,58)(H,53,61)(H,54,56)(H,55,57)(H,59,60)/t42-,43-/m0/s1. The first kappa shape index (κ1) is 44.0. The van der Waals surface area contributed by atoms with Crippen LogP contribution >= 0.6 is 0 Å². The third kappa shape index (κ3) is 10.4. The van der Waals surface area contributed by atoms with Crippen LogP contribution in [-0.4, -0.2) is 52.6 Å². The van der Waals surface area contributed by atoms with Crippen LogP contribution in [0.25, 0.3) is 0 Å². The minimum Gasteiger partial charge on any atom is -0.480 e. The molecule has 11 nitrogen and oxygen atoms in total. The van der Waals surface area contributed by atoms with Crippen LogP contribution in [0.2, 0.25) is 0 Å². The lowest BCUT2D eigenvalue weighted by atomic mass is 9.77. The monoisotopic (exact) mass is 830 g/mol. The summed E-state index contributed by atoms with van der Waals surface area (Å²) in [6.45, 7) is 4.92. The van der Waals surface area contributed by atoms with Crippen molar-refractivity contribution >= 4 is 29.8 Å². The van der Waals surface area contributed by atoms with Crippen molar-refractivity contribution in [2.45, 2.75) is 62.4 Å². The average molecular weight is 831 g/mol. The quantitative estimate of drug-likeness (QED) is 0.0633. The Balaban J connectivity index is 1.31. The highest BCUT2D eigenvalue weighted by atomic mass is 16.6. The summed E-state index contributed by atoms with van der Waals surface area (Å²) >= 11 is 0. The first-order valence-electron chi connectivity index (χ1n) is 20.3. The second-order valence-corrected chi connectivity index (χ2v) is 15.8. The fraction of sp³-hybridized carbons (Fsp3) is 0.196. The van der Waals surface area contributed by atoms with Crippen molar-refractivity contribution in [2.75, 3.05) is 0 Å². The van der Waals surface area contributed by atoms with Crippen molar-refractivity contribution in [1.29, 1.82) is 0 Å². The van der Waals surface area contributed by atoms with E-state index in [1.807, 2.05) is 182 Å². The molecule has 0 aliphatic heterocycles. The van der Waals surface area contributed by atoms with Gasteiger partial charge in [-0.05, 0) is 54.2 Å². The molecule has 0 bridgehead atoms. The Hall–Kier alpha value is -7.53. The maximum atomic E-state index is 14.5. The van der Waals surface area contributed by atoms with Crippen molar-refractivity contribution in [3.8, 4) is 0 Å². The summed E-state index contributed by atoms with van der Waals surface area (Å²) in [6.07, 6.45) is -2.33. The van der Waals surface area contributed by atoms with Crippen LogP contribution in [0.4, 0.5) is 4.79 Å². The molecular formula is C51H50N4O7. The number of carbonyl (C=O) groups excluding carboxylic acids is 4. The normalized spacial score (nSPS) is 12.5. The van der Waals surface area contributed by atoms with Gasteiger partial charge in [0, 0.05) is 0 Å². The second kappa shape index (κ2) is 19.7. The summed E-state index contributed by atoms with van der Waals surface area (Å²) in [5, 5.41) is 21.7. The van der Waals surface area contributed by atoms with Crippen LogP contribution in [0.3, 0.4) is 0 Å². The summed E-state index contributed by atoms with van der Waals surface area (Å²) in [7, 11) is 0. The fourth-order valence-corrected chi connectivity index (χ4v) is 7.58. The fourth-order valence-electron chi connectivity index (χ4n) is 7.58. The maximum absolute atomic E-state index is 14.5. The van der Waals surface area contributed by atoms with Gasteiger partial charge in [0.25, 0.3) is 0 Å². The molecule has 0 aromatic heterocycles. The highest BCUT2D eigenvalue weighted by Crippen LogP contribution is 2.38. The highest BCUT2D eigenvalue weighted by molar-refractivity contribution is 5.95. The van der Waals surface area contributed by atoms with Gasteiger partial charge >= 0.3 is 12.1 Å². The number of amides is 4. The van der Waals surface area contributed by atoms with E-state index in [2.05, 4.69) is 21.3 Å². The van der Waals surface area contributed by atoms with E-state index in [0.717, 1.165) is 16.7 Å². The Bertz CT molecular complexity index is 2230. The van der Waals surface area contributed by atoms with Crippen LogP contribution < -0.4 is 21.3 Å². The van der Waals surface area contributed by atoms with E-state index >= 15 is 0 Å². The van der Waals surface area contributed by atoms with Crippen LogP contribution in [0.5, 0.6) is 0 Å². The molecule has 0 fully saturated rings. The van der Waals surface area contributed by atoms with Gasteiger partial charge in [0.15, 0.2) is 0 Å². The molecule has 6 rings (SSSR count). The summed E-state index contributed by atoms with van der Waals surface area (Å²) in [4.78, 5) is 69.0. The van der Waals surface area contributed by atoms with Crippen molar-refractivity contribution in [3.63, 3.8) is 0 Å². The molecule has 6 aromatic carbocycles. The number of carboxylic acids is 1. The number of aliphatic carboxylic acids is 1.